The van der Waals surface area contributed by atoms with E-state index in [1.54, 1.807) is 24.3 Å². The van der Waals surface area contributed by atoms with Gasteiger partial charge in [-0.05, 0) is 48.5 Å². The molecule has 0 fully saturated rings. The number of carbonyl (C=O) groups excluding carboxylic acids is 2. The van der Waals surface area contributed by atoms with Crippen LogP contribution in [-0.2, 0) is 17.5 Å². The molecular formula is C21H16F3N5O3. The number of nitrogens with two attached hydrogens (primary N) is 1. The van der Waals surface area contributed by atoms with Gasteiger partial charge in [0.05, 0.1) is 11.4 Å². The number of hydrogen-bond acceptors (Lipinski definition) is 5. The van der Waals surface area contributed by atoms with Crippen LogP contribution in [0.15, 0.2) is 81.8 Å². The number of amides is 2. The quantitative estimate of drug-likeness (QED) is 0.560. The van der Waals surface area contributed by atoms with Gasteiger partial charge in [0.2, 0.25) is 5.91 Å². The van der Waals surface area contributed by atoms with Gasteiger partial charge in [0.15, 0.2) is 0 Å². The van der Waals surface area contributed by atoms with Crippen molar-refractivity contribution in [1.29, 1.82) is 0 Å². The molecule has 3 N–H and O–H groups in total. The highest BCUT2D eigenvalue weighted by molar-refractivity contribution is 5.93. The molecule has 0 radical (unpaired) electrons. The lowest BCUT2D eigenvalue weighted by molar-refractivity contribution is -0.144. The number of aromatic nitrogens is 1. The molecule has 2 amide bonds. The van der Waals surface area contributed by atoms with E-state index in [0.717, 1.165) is 0 Å². The maximum atomic E-state index is 13.3. The fraction of sp³-hybridized carbons (Fsp3) is 0.0952. The van der Waals surface area contributed by atoms with E-state index < -0.39 is 41.4 Å². The van der Waals surface area contributed by atoms with E-state index in [1.807, 2.05) is 18.2 Å². The number of hydrogen-bond donors (Lipinski definition) is 2. The normalized spacial score (nSPS) is 11.5. The van der Waals surface area contributed by atoms with Crippen LogP contribution in [0.2, 0.25) is 0 Å². The maximum absolute atomic E-state index is 13.3. The molecule has 1 heterocycles. The first-order valence-electron chi connectivity index (χ1n) is 9.12. The molecule has 0 aliphatic carbocycles. The molecule has 8 nitrogen and oxygen atoms in total. The van der Waals surface area contributed by atoms with Crippen LogP contribution >= 0.6 is 0 Å². The van der Waals surface area contributed by atoms with Crippen molar-refractivity contribution in [2.45, 2.75) is 12.7 Å². The number of pyridine rings is 1. The van der Waals surface area contributed by atoms with Crippen molar-refractivity contribution >= 4 is 28.9 Å². The second-order valence-corrected chi connectivity index (χ2v) is 6.52. The molecule has 0 aliphatic heterocycles. The van der Waals surface area contributed by atoms with E-state index >= 15 is 0 Å². The van der Waals surface area contributed by atoms with Crippen molar-refractivity contribution in [1.82, 2.24) is 4.57 Å². The van der Waals surface area contributed by atoms with Gasteiger partial charge in [-0.2, -0.15) is 23.4 Å². The molecule has 0 spiro atoms. The van der Waals surface area contributed by atoms with Gasteiger partial charge in [-0.3, -0.25) is 19.0 Å². The van der Waals surface area contributed by atoms with Crippen LogP contribution in [-0.4, -0.2) is 16.4 Å². The van der Waals surface area contributed by atoms with E-state index in [1.165, 1.54) is 12.1 Å². The Balaban J connectivity index is 1.76. The highest BCUT2D eigenvalue weighted by Gasteiger charge is 2.35. The molecule has 0 aliphatic rings. The minimum Gasteiger partial charge on any atom is -0.365 e. The zero-order chi connectivity index (χ0) is 23.3. The number of anilines is 1. The van der Waals surface area contributed by atoms with E-state index in [9.17, 15) is 27.6 Å². The molecule has 0 saturated heterocycles. The number of carbonyl (C=O) groups is 2. The van der Waals surface area contributed by atoms with Gasteiger partial charge >= 0.3 is 6.18 Å². The second kappa shape index (κ2) is 9.25. The fourth-order valence-corrected chi connectivity index (χ4v) is 2.74. The van der Waals surface area contributed by atoms with Gasteiger partial charge in [-0.1, -0.05) is 18.2 Å². The van der Waals surface area contributed by atoms with Gasteiger partial charge < -0.3 is 11.1 Å². The predicted octanol–water partition coefficient (Wildman–Crippen LogP) is 4.02. The summed E-state index contributed by atoms with van der Waals surface area (Å²) < 4.78 is 39.9. The average Bonchev–Trinajstić information content (AvgIpc) is 2.74. The number of nitrogens with one attached hydrogen (secondary N) is 1. The Labute approximate surface area is 179 Å². The summed E-state index contributed by atoms with van der Waals surface area (Å²) in [7, 11) is 0. The van der Waals surface area contributed by atoms with Gasteiger partial charge in [0.1, 0.15) is 17.8 Å². The summed E-state index contributed by atoms with van der Waals surface area (Å²) >= 11 is 0. The predicted molar refractivity (Wildman–Crippen MR) is 110 cm³/mol. The van der Waals surface area contributed by atoms with Crippen LogP contribution in [0.3, 0.4) is 0 Å². The molecule has 0 bridgehead atoms. The lowest BCUT2D eigenvalue weighted by Crippen LogP contribution is -2.36. The summed E-state index contributed by atoms with van der Waals surface area (Å²) in [6.45, 7) is -0.968. The molecule has 0 saturated carbocycles. The molecule has 1 aromatic heterocycles. The zero-order valence-electron chi connectivity index (χ0n) is 16.3. The molecular weight excluding hydrogens is 427 g/mol. The molecule has 3 rings (SSSR count). The zero-order valence-corrected chi connectivity index (χ0v) is 16.3. The molecule has 0 atom stereocenters. The summed E-state index contributed by atoms with van der Waals surface area (Å²) in [5.74, 6) is -2.10. The Bertz CT molecular complexity index is 1220. The third-order valence-corrected chi connectivity index (χ3v) is 4.22. The first-order chi connectivity index (χ1) is 15.1. The summed E-state index contributed by atoms with van der Waals surface area (Å²) in [6.07, 6.45) is -4.92. The molecule has 3 aromatic rings. The number of nitrogens with zero attached hydrogens (tertiary/aromatic N) is 3. The second-order valence-electron chi connectivity index (χ2n) is 6.52. The topological polar surface area (TPSA) is 119 Å². The van der Waals surface area contributed by atoms with Gasteiger partial charge in [-0.15, -0.1) is 0 Å². The summed E-state index contributed by atoms with van der Waals surface area (Å²) in [6, 6.07) is 16.2. The van der Waals surface area contributed by atoms with E-state index in [-0.39, 0.29) is 10.3 Å². The van der Waals surface area contributed by atoms with Gasteiger partial charge in [0.25, 0.3) is 11.5 Å². The molecule has 32 heavy (non-hydrogen) atoms. The highest BCUT2D eigenvalue weighted by atomic mass is 19.4. The van der Waals surface area contributed by atoms with E-state index in [0.29, 0.717) is 23.5 Å². The van der Waals surface area contributed by atoms with Crippen LogP contribution in [0, 0.1) is 0 Å². The summed E-state index contributed by atoms with van der Waals surface area (Å²) in [5, 5.41) is 10.5. The van der Waals surface area contributed by atoms with Crippen molar-refractivity contribution < 1.29 is 22.8 Å². The Morgan fingerprint density at radius 3 is 2.06 bits per heavy atom. The monoisotopic (exact) mass is 443 g/mol. The number of alkyl halides is 3. The van der Waals surface area contributed by atoms with Crippen LogP contribution in [0.4, 0.5) is 30.2 Å². The van der Waals surface area contributed by atoms with Crippen molar-refractivity contribution in [3.63, 3.8) is 0 Å². The number of rotatable bonds is 6. The van der Waals surface area contributed by atoms with E-state index in [4.69, 9.17) is 5.73 Å². The Morgan fingerprint density at radius 2 is 1.50 bits per heavy atom. The fourth-order valence-electron chi connectivity index (χ4n) is 2.74. The van der Waals surface area contributed by atoms with Crippen molar-refractivity contribution in [2.75, 3.05) is 5.32 Å². The molecule has 164 valence electrons. The third-order valence-electron chi connectivity index (χ3n) is 4.22. The first-order valence-corrected chi connectivity index (χ1v) is 9.12. The lowest BCUT2D eigenvalue weighted by Gasteiger charge is -2.16. The van der Waals surface area contributed by atoms with E-state index in [2.05, 4.69) is 15.5 Å². The number of benzene rings is 2. The van der Waals surface area contributed by atoms with Crippen molar-refractivity contribution in [3.05, 3.63) is 88.3 Å². The molecule has 2 aromatic carbocycles. The average molecular weight is 443 g/mol. The first kappa shape index (κ1) is 22.4. The summed E-state index contributed by atoms with van der Waals surface area (Å²) in [4.78, 5) is 35.9. The highest BCUT2D eigenvalue weighted by Crippen LogP contribution is 2.28. The van der Waals surface area contributed by atoms with Crippen LogP contribution < -0.4 is 16.6 Å². The maximum Gasteiger partial charge on any atom is 0.431 e. The smallest absolute Gasteiger partial charge is 0.365 e. The van der Waals surface area contributed by atoms with Gasteiger partial charge in [-0.25, -0.2) is 0 Å². The van der Waals surface area contributed by atoms with Crippen LogP contribution in [0.25, 0.3) is 0 Å². The standard InChI is InChI=1S/C21H16F3N5O3/c22-21(23,24)17-11-10-16(19(25)31)20(32)29(17)12-18(30)26-13-6-8-15(9-7-13)28-27-14-4-2-1-3-5-14/h1-11H,12H2,(H2,25,31)(H,26,30). The molecule has 11 heteroatoms. The van der Waals surface area contributed by atoms with Crippen molar-refractivity contribution in [3.8, 4) is 0 Å². The SMILES string of the molecule is NC(=O)c1ccc(C(F)(F)F)n(CC(=O)Nc2ccc(N=Nc3ccccc3)cc2)c1=O. The minimum atomic E-state index is -4.92. The number of azo groups is 1. The largest absolute Gasteiger partial charge is 0.431 e. The third kappa shape index (κ3) is 5.45. The Kier molecular flexibility index (Phi) is 6.47. The summed E-state index contributed by atoms with van der Waals surface area (Å²) in [5.41, 5.74) is 3.08. The van der Waals surface area contributed by atoms with Crippen LogP contribution in [0.1, 0.15) is 16.1 Å². The van der Waals surface area contributed by atoms with Crippen molar-refractivity contribution in [2.24, 2.45) is 16.0 Å². The van der Waals surface area contributed by atoms with Gasteiger partial charge in [0, 0.05) is 5.69 Å². The molecule has 0 unspecified atom stereocenters. The minimum absolute atomic E-state index is 0.165. The number of halogens is 3. The van der Waals surface area contributed by atoms with Crippen LogP contribution in [0.5, 0.6) is 0 Å². The Hall–Kier alpha value is -4.28. The number of primary amides is 1. The lowest BCUT2D eigenvalue weighted by atomic mass is 10.2. The Morgan fingerprint density at radius 1 is 0.906 bits per heavy atom.